The first-order chi connectivity index (χ1) is 10.2. The second kappa shape index (κ2) is 5.71. The smallest absolute Gasteiger partial charge is 0.276 e. The van der Waals surface area contributed by atoms with Crippen molar-refractivity contribution in [1.29, 1.82) is 0 Å². The molecule has 0 N–H and O–H groups in total. The van der Waals surface area contributed by atoms with Crippen LogP contribution in [-0.4, -0.2) is 38.6 Å². The maximum atomic E-state index is 12.5. The minimum atomic E-state index is -0.0466. The summed E-state index contributed by atoms with van der Waals surface area (Å²) < 4.78 is 7.20. The fourth-order valence-electron chi connectivity index (χ4n) is 2.95. The van der Waals surface area contributed by atoms with Crippen molar-refractivity contribution in [2.24, 2.45) is 0 Å². The van der Waals surface area contributed by atoms with E-state index in [0.29, 0.717) is 24.0 Å². The lowest BCUT2D eigenvalue weighted by Crippen LogP contribution is -2.41. The topological polar surface area (TPSA) is 64.2 Å². The van der Waals surface area contributed by atoms with Crippen molar-refractivity contribution in [3.63, 3.8) is 0 Å². The molecule has 2 aromatic rings. The van der Waals surface area contributed by atoms with E-state index in [1.165, 1.54) is 0 Å². The average Bonchev–Trinajstić information content (AvgIpc) is 3.15. The van der Waals surface area contributed by atoms with Gasteiger partial charge >= 0.3 is 0 Å². The largest absolute Gasteiger partial charge is 0.361 e. The summed E-state index contributed by atoms with van der Waals surface area (Å²) in [7, 11) is 0. The summed E-state index contributed by atoms with van der Waals surface area (Å²) in [5.41, 5.74) is 0.398. The van der Waals surface area contributed by atoms with Gasteiger partial charge in [0.05, 0.1) is 6.04 Å². The maximum absolute atomic E-state index is 12.5. The summed E-state index contributed by atoms with van der Waals surface area (Å²) >= 11 is 0. The summed E-state index contributed by atoms with van der Waals surface area (Å²) in [6.07, 6.45) is 6.82. The van der Waals surface area contributed by atoms with Crippen LogP contribution in [0.1, 0.15) is 47.9 Å². The zero-order valence-electron chi connectivity index (χ0n) is 12.5. The lowest BCUT2D eigenvalue weighted by atomic mass is 10.0. The molecule has 0 radical (unpaired) electrons. The number of piperidine rings is 1. The van der Waals surface area contributed by atoms with E-state index in [0.717, 1.165) is 31.6 Å². The first kappa shape index (κ1) is 13.9. The highest BCUT2D eigenvalue weighted by Gasteiger charge is 2.27. The number of hydrogen-bond donors (Lipinski definition) is 0. The molecule has 112 valence electrons. The summed E-state index contributed by atoms with van der Waals surface area (Å²) in [4.78, 5) is 18.7. The third-order valence-electron chi connectivity index (χ3n) is 3.99. The van der Waals surface area contributed by atoms with Crippen LogP contribution in [0.3, 0.4) is 0 Å². The Morgan fingerprint density at radius 1 is 1.52 bits per heavy atom. The average molecular weight is 288 g/mol. The van der Waals surface area contributed by atoms with E-state index in [2.05, 4.69) is 21.6 Å². The number of amides is 1. The zero-order chi connectivity index (χ0) is 14.8. The molecule has 2 aromatic heterocycles. The first-order valence-electron chi connectivity index (χ1n) is 7.43. The molecule has 0 aromatic carbocycles. The fourth-order valence-corrected chi connectivity index (χ4v) is 2.95. The molecular formula is C15H20N4O2. The monoisotopic (exact) mass is 288 g/mol. The van der Waals surface area contributed by atoms with Crippen LogP contribution in [0, 0.1) is 6.92 Å². The van der Waals surface area contributed by atoms with Crippen molar-refractivity contribution in [2.45, 2.75) is 39.2 Å². The molecule has 6 nitrogen and oxygen atoms in total. The van der Waals surface area contributed by atoms with Gasteiger partial charge in [0.15, 0.2) is 5.69 Å². The number of imidazole rings is 1. The lowest BCUT2D eigenvalue weighted by molar-refractivity contribution is 0.0667. The van der Waals surface area contributed by atoms with E-state index in [1.54, 1.807) is 13.0 Å². The first-order valence-corrected chi connectivity index (χ1v) is 7.43. The van der Waals surface area contributed by atoms with Crippen molar-refractivity contribution >= 4 is 5.91 Å². The number of aryl methyl sites for hydroxylation is 2. The van der Waals surface area contributed by atoms with Crippen LogP contribution in [0.25, 0.3) is 0 Å². The molecule has 3 heterocycles. The van der Waals surface area contributed by atoms with Crippen LogP contribution >= 0.6 is 0 Å². The van der Waals surface area contributed by atoms with Crippen LogP contribution in [0.15, 0.2) is 23.0 Å². The number of nitrogens with zero attached hydrogens (tertiary/aromatic N) is 4. The van der Waals surface area contributed by atoms with Crippen LogP contribution < -0.4 is 0 Å². The number of rotatable bonds is 3. The Labute approximate surface area is 123 Å². The molecule has 0 saturated carbocycles. The third kappa shape index (κ3) is 2.70. The highest BCUT2D eigenvalue weighted by Crippen LogP contribution is 2.24. The number of carbonyl (C=O) groups excluding carboxylic acids is 1. The van der Waals surface area contributed by atoms with Crippen LogP contribution in [0.5, 0.6) is 0 Å². The molecule has 3 rings (SSSR count). The summed E-state index contributed by atoms with van der Waals surface area (Å²) in [6, 6.07) is 1.99. The molecule has 1 atom stereocenters. The minimum Gasteiger partial charge on any atom is -0.361 e. The number of carbonyl (C=O) groups is 1. The molecule has 0 unspecified atom stereocenters. The van der Waals surface area contributed by atoms with E-state index >= 15 is 0 Å². The van der Waals surface area contributed by atoms with Crippen molar-refractivity contribution in [2.75, 3.05) is 13.1 Å². The van der Waals surface area contributed by atoms with Crippen molar-refractivity contribution in [3.05, 3.63) is 35.7 Å². The van der Waals surface area contributed by atoms with Gasteiger partial charge in [-0.25, -0.2) is 4.98 Å². The number of hydrogen-bond acceptors (Lipinski definition) is 4. The van der Waals surface area contributed by atoms with Gasteiger partial charge < -0.3 is 14.0 Å². The van der Waals surface area contributed by atoms with Crippen molar-refractivity contribution in [3.8, 4) is 0 Å². The Balaban J connectivity index is 1.75. The molecule has 1 fully saturated rings. The molecule has 6 heteroatoms. The van der Waals surface area contributed by atoms with Gasteiger partial charge in [-0.15, -0.1) is 0 Å². The predicted molar refractivity (Wildman–Crippen MR) is 77.0 cm³/mol. The summed E-state index contributed by atoms with van der Waals surface area (Å²) in [6.45, 7) is 5.37. The molecule has 1 aliphatic heterocycles. The van der Waals surface area contributed by atoms with Gasteiger partial charge in [0, 0.05) is 38.0 Å². The van der Waals surface area contributed by atoms with Gasteiger partial charge in [-0.05, 0) is 19.8 Å². The second-order valence-electron chi connectivity index (χ2n) is 5.47. The van der Waals surface area contributed by atoms with Gasteiger partial charge in [-0.3, -0.25) is 4.79 Å². The minimum absolute atomic E-state index is 0.0466. The SMILES string of the molecule is CCc1nccn1[C@@H]1CCCN(C(=O)c2cc(C)on2)C1. The van der Waals surface area contributed by atoms with E-state index < -0.39 is 0 Å². The summed E-state index contributed by atoms with van der Waals surface area (Å²) in [5, 5.41) is 3.83. The van der Waals surface area contributed by atoms with Gasteiger partial charge in [0.2, 0.25) is 0 Å². The normalized spacial score (nSPS) is 19.0. The summed E-state index contributed by atoms with van der Waals surface area (Å²) in [5.74, 6) is 1.69. The Hall–Kier alpha value is -2.11. The Morgan fingerprint density at radius 3 is 3.10 bits per heavy atom. The van der Waals surface area contributed by atoms with Crippen LogP contribution in [-0.2, 0) is 6.42 Å². The van der Waals surface area contributed by atoms with Crippen molar-refractivity contribution in [1.82, 2.24) is 19.6 Å². The Bertz CT molecular complexity index is 631. The van der Waals surface area contributed by atoms with E-state index in [4.69, 9.17) is 4.52 Å². The molecular weight excluding hydrogens is 268 g/mol. The van der Waals surface area contributed by atoms with E-state index in [-0.39, 0.29) is 5.91 Å². The highest BCUT2D eigenvalue weighted by molar-refractivity contribution is 5.92. The van der Waals surface area contributed by atoms with Gasteiger partial charge in [-0.2, -0.15) is 0 Å². The molecule has 0 aliphatic carbocycles. The lowest BCUT2D eigenvalue weighted by Gasteiger charge is -2.33. The Kier molecular flexibility index (Phi) is 3.77. The third-order valence-corrected chi connectivity index (χ3v) is 3.99. The van der Waals surface area contributed by atoms with Crippen LogP contribution in [0.2, 0.25) is 0 Å². The molecule has 1 saturated heterocycles. The van der Waals surface area contributed by atoms with E-state index in [1.807, 2.05) is 17.3 Å². The highest BCUT2D eigenvalue weighted by atomic mass is 16.5. The molecule has 0 bridgehead atoms. The molecule has 21 heavy (non-hydrogen) atoms. The zero-order valence-corrected chi connectivity index (χ0v) is 12.5. The van der Waals surface area contributed by atoms with Gasteiger partial charge in [-0.1, -0.05) is 12.1 Å². The molecule has 1 aliphatic rings. The Morgan fingerprint density at radius 2 is 2.38 bits per heavy atom. The van der Waals surface area contributed by atoms with Crippen LogP contribution in [0.4, 0.5) is 0 Å². The second-order valence-corrected chi connectivity index (χ2v) is 5.47. The van der Waals surface area contributed by atoms with Gasteiger partial charge in [0.1, 0.15) is 11.6 Å². The quantitative estimate of drug-likeness (QED) is 0.868. The van der Waals surface area contributed by atoms with E-state index in [9.17, 15) is 4.79 Å². The van der Waals surface area contributed by atoms with Crippen molar-refractivity contribution < 1.29 is 9.32 Å². The predicted octanol–water partition coefficient (Wildman–Crippen LogP) is 2.22. The molecule has 1 amide bonds. The standard InChI is InChI=1S/C15H20N4O2/c1-3-14-16-6-8-19(14)12-5-4-7-18(10-12)15(20)13-9-11(2)21-17-13/h6,8-9,12H,3-5,7,10H2,1-2H3/t12-/m1/s1. The molecule has 0 spiro atoms. The maximum Gasteiger partial charge on any atom is 0.276 e. The number of likely N-dealkylation sites (tertiary alicyclic amines) is 1. The fraction of sp³-hybridized carbons (Fsp3) is 0.533. The van der Waals surface area contributed by atoms with Gasteiger partial charge in [0.25, 0.3) is 5.91 Å². The number of aromatic nitrogens is 3.